The first kappa shape index (κ1) is 14.7. The van der Waals surface area contributed by atoms with Crippen molar-refractivity contribution >= 4 is 33.4 Å². The second-order valence-electron chi connectivity index (χ2n) is 6.16. The molecule has 2 fully saturated rings. The van der Waals surface area contributed by atoms with Crippen LogP contribution in [0, 0.1) is 5.92 Å². The lowest BCUT2D eigenvalue weighted by atomic mass is 9.98. The van der Waals surface area contributed by atoms with Crippen molar-refractivity contribution in [3.63, 3.8) is 0 Å². The fraction of sp³-hybridized carbons (Fsp3) is 0.500. The molecule has 1 aromatic rings. The monoisotopic (exact) mass is 351 g/mol. The predicted molar refractivity (Wildman–Crippen MR) is 84.1 cm³/mol. The van der Waals surface area contributed by atoms with E-state index < -0.39 is 0 Å². The Kier molecular flexibility index (Phi) is 4.13. The molecule has 2 heterocycles. The summed E-state index contributed by atoms with van der Waals surface area (Å²) in [4.78, 5) is 27.6. The van der Waals surface area contributed by atoms with Crippen LogP contribution in [0.4, 0.5) is 5.69 Å². The summed E-state index contributed by atoms with van der Waals surface area (Å²) >= 11 is 3.37. The number of nitrogens with zero attached hydrogens (tertiary/aromatic N) is 1. The molecule has 2 aliphatic rings. The van der Waals surface area contributed by atoms with Gasteiger partial charge in [0.15, 0.2) is 6.04 Å². The Morgan fingerprint density at radius 3 is 2.62 bits per heavy atom. The first-order chi connectivity index (χ1) is 10.1. The van der Waals surface area contributed by atoms with Crippen LogP contribution in [0.3, 0.4) is 0 Å². The van der Waals surface area contributed by atoms with Crippen LogP contribution >= 0.6 is 15.9 Å². The van der Waals surface area contributed by atoms with E-state index in [2.05, 4.69) is 22.9 Å². The minimum Gasteiger partial charge on any atom is -0.324 e. The predicted octanol–water partition coefficient (Wildman–Crippen LogP) is 1.40. The van der Waals surface area contributed by atoms with Crippen molar-refractivity contribution in [1.82, 2.24) is 0 Å². The number of carbonyl (C=O) groups excluding carboxylic acids is 2. The Hall–Kier alpha value is -1.20. The minimum absolute atomic E-state index is 0.0357. The molecule has 2 aliphatic heterocycles. The van der Waals surface area contributed by atoms with Crippen molar-refractivity contribution in [3.05, 3.63) is 28.7 Å². The van der Waals surface area contributed by atoms with Crippen molar-refractivity contribution in [2.75, 3.05) is 18.0 Å². The van der Waals surface area contributed by atoms with Crippen LogP contribution in [-0.2, 0) is 9.59 Å². The average Bonchev–Trinajstić information content (AvgIpc) is 2.75. The van der Waals surface area contributed by atoms with Crippen LogP contribution in [0.1, 0.15) is 26.2 Å². The van der Waals surface area contributed by atoms with E-state index in [1.54, 1.807) is 0 Å². The molecule has 0 bridgehead atoms. The summed E-state index contributed by atoms with van der Waals surface area (Å²) in [5.74, 6) is 0.530. The van der Waals surface area contributed by atoms with E-state index in [4.69, 9.17) is 0 Å². The molecule has 1 unspecified atom stereocenters. The molecule has 0 saturated carbocycles. The SMILES string of the molecule is C[C@@H]1CCC[NH+]([C@@H]2CC(=O)N(c3ccc(Br)cc3)C2=O)C1. The summed E-state index contributed by atoms with van der Waals surface area (Å²) in [5.41, 5.74) is 0.681. The first-order valence-corrected chi connectivity index (χ1v) is 8.32. The number of amides is 2. The molecular formula is C16H20BrN2O2+. The largest absolute Gasteiger partial charge is 0.324 e. The molecule has 1 aromatic carbocycles. The van der Waals surface area contributed by atoms with Gasteiger partial charge in [0, 0.05) is 10.4 Å². The number of rotatable bonds is 2. The smallest absolute Gasteiger partial charge is 0.292 e. The van der Waals surface area contributed by atoms with Crippen molar-refractivity contribution in [2.24, 2.45) is 5.92 Å². The van der Waals surface area contributed by atoms with Crippen molar-refractivity contribution in [3.8, 4) is 0 Å². The van der Waals surface area contributed by atoms with E-state index in [1.165, 1.54) is 16.2 Å². The number of nitrogens with one attached hydrogen (secondary N) is 1. The highest BCUT2D eigenvalue weighted by atomic mass is 79.9. The van der Waals surface area contributed by atoms with Crippen LogP contribution in [0.5, 0.6) is 0 Å². The molecular weight excluding hydrogens is 332 g/mol. The van der Waals surface area contributed by atoms with E-state index in [1.807, 2.05) is 24.3 Å². The molecule has 0 aromatic heterocycles. The molecule has 0 radical (unpaired) electrons. The van der Waals surface area contributed by atoms with Crippen molar-refractivity contribution in [1.29, 1.82) is 0 Å². The van der Waals surface area contributed by atoms with Gasteiger partial charge in [0.2, 0.25) is 5.91 Å². The highest BCUT2D eigenvalue weighted by Gasteiger charge is 2.46. The van der Waals surface area contributed by atoms with Gasteiger partial charge in [-0.2, -0.15) is 0 Å². The number of benzene rings is 1. The molecule has 3 atom stereocenters. The topological polar surface area (TPSA) is 41.8 Å². The Labute approximate surface area is 133 Å². The fourth-order valence-corrected chi connectivity index (χ4v) is 3.72. The van der Waals surface area contributed by atoms with Gasteiger partial charge in [-0.15, -0.1) is 0 Å². The maximum atomic E-state index is 12.7. The minimum atomic E-state index is -0.191. The van der Waals surface area contributed by atoms with Gasteiger partial charge in [0.05, 0.1) is 25.2 Å². The highest BCUT2D eigenvalue weighted by Crippen LogP contribution is 2.24. The number of halogens is 1. The van der Waals surface area contributed by atoms with Gasteiger partial charge in [-0.1, -0.05) is 22.9 Å². The number of quaternary nitrogens is 1. The highest BCUT2D eigenvalue weighted by molar-refractivity contribution is 9.10. The number of piperidine rings is 1. The number of hydrogen-bond donors (Lipinski definition) is 1. The van der Waals surface area contributed by atoms with Gasteiger partial charge >= 0.3 is 0 Å². The molecule has 2 saturated heterocycles. The van der Waals surface area contributed by atoms with E-state index in [0.717, 1.165) is 24.0 Å². The third kappa shape index (κ3) is 2.90. The molecule has 4 nitrogen and oxygen atoms in total. The number of anilines is 1. The summed E-state index contributed by atoms with van der Waals surface area (Å²) in [6.07, 6.45) is 2.72. The maximum Gasteiger partial charge on any atom is 0.292 e. The van der Waals surface area contributed by atoms with Crippen LogP contribution in [-0.4, -0.2) is 30.9 Å². The van der Waals surface area contributed by atoms with Gasteiger partial charge in [-0.3, -0.25) is 9.59 Å². The zero-order valence-corrected chi connectivity index (χ0v) is 13.7. The van der Waals surface area contributed by atoms with E-state index >= 15 is 0 Å². The summed E-state index contributed by atoms with van der Waals surface area (Å²) in [6, 6.07) is 7.16. The maximum absolute atomic E-state index is 12.7. The Bertz CT molecular complexity index is 558. The van der Waals surface area contributed by atoms with Crippen molar-refractivity contribution < 1.29 is 14.5 Å². The first-order valence-electron chi connectivity index (χ1n) is 7.53. The second-order valence-corrected chi connectivity index (χ2v) is 7.08. The molecule has 21 heavy (non-hydrogen) atoms. The lowest BCUT2D eigenvalue weighted by Gasteiger charge is -2.31. The summed E-state index contributed by atoms with van der Waals surface area (Å²) in [5, 5.41) is 0. The summed E-state index contributed by atoms with van der Waals surface area (Å²) in [7, 11) is 0. The van der Waals surface area contributed by atoms with Gasteiger partial charge in [-0.05, 0) is 37.1 Å². The summed E-state index contributed by atoms with van der Waals surface area (Å²) in [6.45, 7) is 4.23. The van der Waals surface area contributed by atoms with E-state index in [9.17, 15) is 9.59 Å². The normalized spacial score (nSPS) is 30.0. The number of hydrogen-bond acceptors (Lipinski definition) is 2. The Morgan fingerprint density at radius 1 is 1.24 bits per heavy atom. The van der Waals surface area contributed by atoms with E-state index in [0.29, 0.717) is 18.0 Å². The van der Waals surface area contributed by atoms with Crippen LogP contribution < -0.4 is 9.80 Å². The Morgan fingerprint density at radius 2 is 1.95 bits per heavy atom. The van der Waals surface area contributed by atoms with Crippen molar-refractivity contribution in [2.45, 2.75) is 32.2 Å². The number of imide groups is 1. The zero-order valence-electron chi connectivity index (χ0n) is 12.1. The van der Waals surface area contributed by atoms with Gasteiger partial charge in [-0.25, -0.2) is 4.90 Å². The quantitative estimate of drug-likeness (QED) is 0.818. The lowest BCUT2D eigenvalue weighted by molar-refractivity contribution is -0.923. The lowest BCUT2D eigenvalue weighted by Crippen LogP contribution is -3.18. The van der Waals surface area contributed by atoms with Crippen LogP contribution in [0.25, 0.3) is 0 Å². The van der Waals surface area contributed by atoms with Gasteiger partial charge in [0.25, 0.3) is 5.91 Å². The molecule has 2 amide bonds. The third-order valence-corrected chi connectivity index (χ3v) is 5.06. The molecule has 112 valence electrons. The fourth-order valence-electron chi connectivity index (χ4n) is 3.46. The van der Waals surface area contributed by atoms with Gasteiger partial charge < -0.3 is 4.90 Å². The summed E-state index contributed by atoms with van der Waals surface area (Å²) < 4.78 is 0.942. The Balaban J connectivity index is 1.80. The van der Waals surface area contributed by atoms with Gasteiger partial charge in [0.1, 0.15) is 0 Å². The van der Waals surface area contributed by atoms with E-state index in [-0.39, 0.29) is 17.9 Å². The molecule has 5 heteroatoms. The molecule has 0 aliphatic carbocycles. The number of carbonyl (C=O) groups is 2. The van der Waals surface area contributed by atoms with Crippen LogP contribution in [0.15, 0.2) is 28.7 Å². The molecule has 3 rings (SSSR count). The number of likely N-dealkylation sites (tertiary alicyclic amines) is 1. The second kappa shape index (κ2) is 5.89. The molecule has 1 N–H and O–H groups in total. The molecule has 0 spiro atoms. The standard InChI is InChI=1S/C16H19BrN2O2/c1-11-3-2-8-18(10-11)14-9-15(20)19(16(14)21)13-6-4-12(17)5-7-13/h4-7,11,14H,2-3,8-10H2,1H3/p+1/t11-,14-/m1/s1. The third-order valence-electron chi connectivity index (χ3n) is 4.53. The van der Waals surface area contributed by atoms with Crippen LogP contribution in [0.2, 0.25) is 0 Å². The zero-order chi connectivity index (χ0) is 15.0. The average molecular weight is 352 g/mol.